The quantitative estimate of drug-likeness (QED) is 0.540. The maximum absolute atomic E-state index is 5.79. The average molecular weight is 353 g/mol. The molecule has 5 heteroatoms. The van der Waals surface area contributed by atoms with Gasteiger partial charge in [-0.25, -0.2) is 0 Å². The Kier molecular flexibility index (Phi) is 6.23. The molecule has 0 unspecified atom stereocenters. The van der Waals surface area contributed by atoms with Gasteiger partial charge in [0, 0.05) is 5.56 Å². The second-order valence-electron chi connectivity index (χ2n) is 6.51. The first-order chi connectivity index (χ1) is 12.7. The minimum absolute atomic E-state index is 0.101. The molecular formula is C21H27N3O2. The van der Waals surface area contributed by atoms with Gasteiger partial charge < -0.3 is 14.6 Å². The Morgan fingerprint density at radius 2 is 1.88 bits per heavy atom. The highest BCUT2D eigenvalue weighted by Crippen LogP contribution is 2.27. The van der Waals surface area contributed by atoms with E-state index in [4.69, 9.17) is 9.26 Å². The van der Waals surface area contributed by atoms with Crippen LogP contribution in [0.3, 0.4) is 0 Å². The lowest BCUT2D eigenvalue weighted by atomic mass is 10.1. The summed E-state index contributed by atoms with van der Waals surface area (Å²) < 4.78 is 11.3. The number of benzene rings is 2. The highest BCUT2D eigenvalue weighted by atomic mass is 16.5. The minimum Gasteiger partial charge on any atom is -0.494 e. The molecule has 0 saturated heterocycles. The predicted molar refractivity (Wildman–Crippen MR) is 104 cm³/mol. The normalized spacial score (nSPS) is 12.4. The van der Waals surface area contributed by atoms with Gasteiger partial charge in [-0.1, -0.05) is 50.0 Å². The van der Waals surface area contributed by atoms with E-state index in [1.807, 2.05) is 19.2 Å². The summed E-state index contributed by atoms with van der Waals surface area (Å²) in [4.78, 5) is 4.58. The van der Waals surface area contributed by atoms with Crippen LogP contribution in [0.25, 0.3) is 22.2 Å². The minimum atomic E-state index is 0.101. The molecule has 0 bridgehead atoms. The number of fused-ring (bicyclic) bond motifs is 1. The molecule has 1 heterocycles. The van der Waals surface area contributed by atoms with Gasteiger partial charge in [0.15, 0.2) is 0 Å². The number of rotatable bonds is 9. The fourth-order valence-electron chi connectivity index (χ4n) is 2.96. The van der Waals surface area contributed by atoms with E-state index in [-0.39, 0.29) is 6.04 Å². The molecule has 1 atom stereocenters. The Bertz CT molecular complexity index is 844. The number of hydrogen-bond acceptors (Lipinski definition) is 5. The van der Waals surface area contributed by atoms with Gasteiger partial charge in [0.1, 0.15) is 5.75 Å². The highest BCUT2D eigenvalue weighted by Gasteiger charge is 2.17. The zero-order chi connectivity index (χ0) is 18.4. The molecule has 0 fully saturated rings. The molecule has 3 rings (SSSR count). The Morgan fingerprint density at radius 3 is 2.65 bits per heavy atom. The van der Waals surface area contributed by atoms with Crippen molar-refractivity contribution in [3.63, 3.8) is 0 Å². The average Bonchev–Trinajstić information content (AvgIpc) is 3.16. The van der Waals surface area contributed by atoms with E-state index in [0.29, 0.717) is 11.7 Å². The van der Waals surface area contributed by atoms with Crippen molar-refractivity contribution in [2.24, 2.45) is 0 Å². The zero-order valence-corrected chi connectivity index (χ0v) is 15.8. The van der Waals surface area contributed by atoms with Crippen molar-refractivity contribution < 1.29 is 9.26 Å². The first-order valence-corrected chi connectivity index (χ1v) is 9.43. The molecule has 0 saturated carbocycles. The molecule has 0 amide bonds. The number of aromatic nitrogens is 2. The van der Waals surface area contributed by atoms with Crippen LogP contribution in [-0.2, 0) is 0 Å². The first-order valence-electron chi connectivity index (χ1n) is 9.43. The van der Waals surface area contributed by atoms with Gasteiger partial charge in [-0.15, -0.1) is 0 Å². The maximum atomic E-state index is 5.79. The zero-order valence-electron chi connectivity index (χ0n) is 15.8. The Balaban J connectivity index is 1.81. The van der Waals surface area contributed by atoms with Crippen molar-refractivity contribution in [2.45, 2.75) is 45.6 Å². The first kappa shape index (κ1) is 18.4. The van der Waals surface area contributed by atoms with Crippen LogP contribution in [0.5, 0.6) is 5.75 Å². The summed E-state index contributed by atoms with van der Waals surface area (Å²) in [5, 5.41) is 9.67. The van der Waals surface area contributed by atoms with E-state index in [0.717, 1.165) is 54.4 Å². The highest BCUT2D eigenvalue weighted by molar-refractivity contribution is 5.87. The molecule has 0 spiro atoms. The van der Waals surface area contributed by atoms with Crippen molar-refractivity contribution in [3.05, 3.63) is 42.3 Å². The number of nitrogens with zero attached hydrogens (tertiary/aromatic N) is 2. The number of unbranched alkanes of at least 4 members (excludes halogenated alkanes) is 1. The van der Waals surface area contributed by atoms with Crippen LogP contribution in [0.1, 0.15) is 51.5 Å². The molecule has 1 N–H and O–H groups in total. The topological polar surface area (TPSA) is 60.2 Å². The lowest BCUT2D eigenvalue weighted by Crippen LogP contribution is -2.16. The van der Waals surface area contributed by atoms with Crippen LogP contribution < -0.4 is 10.1 Å². The number of hydrogen-bond donors (Lipinski definition) is 1. The molecule has 3 aromatic rings. The van der Waals surface area contributed by atoms with Gasteiger partial charge in [-0.2, -0.15) is 4.98 Å². The summed E-state index contributed by atoms with van der Waals surface area (Å²) in [6.45, 7) is 5.07. The van der Waals surface area contributed by atoms with Gasteiger partial charge in [-0.05, 0) is 48.9 Å². The number of nitrogens with one attached hydrogen (secondary N) is 1. The van der Waals surface area contributed by atoms with Crippen molar-refractivity contribution in [3.8, 4) is 17.1 Å². The van der Waals surface area contributed by atoms with E-state index in [1.54, 1.807) is 0 Å². The van der Waals surface area contributed by atoms with E-state index in [2.05, 4.69) is 53.6 Å². The molecule has 0 aliphatic heterocycles. The Labute approximate surface area is 154 Å². The van der Waals surface area contributed by atoms with Gasteiger partial charge in [0.05, 0.1) is 12.6 Å². The van der Waals surface area contributed by atoms with Crippen LogP contribution >= 0.6 is 0 Å². The second kappa shape index (κ2) is 8.81. The Morgan fingerprint density at radius 1 is 1.08 bits per heavy atom. The second-order valence-corrected chi connectivity index (χ2v) is 6.51. The molecule has 5 nitrogen and oxygen atoms in total. The smallest absolute Gasteiger partial charge is 0.244 e. The van der Waals surface area contributed by atoms with E-state index < -0.39 is 0 Å². The Hall–Kier alpha value is -2.40. The van der Waals surface area contributed by atoms with Crippen LogP contribution in [0, 0.1) is 0 Å². The van der Waals surface area contributed by atoms with Gasteiger partial charge in [-0.3, -0.25) is 0 Å². The third-order valence-electron chi connectivity index (χ3n) is 4.50. The predicted octanol–water partition coefficient (Wildman–Crippen LogP) is 5.13. The molecule has 26 heavy (non-hydrogen) atoms. The lowest BCUT2D eigenvalue weighted by molar-refractivity contribution is 0.310. The van der Waals surface area contributed by atoms with Crippen LogP contribution in [0.4, 0.5) is 0 Å². The van der Waals surface area contributed by atoms with E-state index in [1.165, 1.54) is 0 Å². The fraction of sp³-hybridized carbons (Fsp3) is 0.429. The molecule has 2 aromatic carbocycles. The summed E-state index contributed by atoms with van der Waals surface area (Å²) in [5.41, 5.74) is 0.957. The van der Waals surface area contributed by atoms with E-state index in [9.17, 15) is 0 Å². The third kappa shape index (κ3) is 4.22. The van der Waals surface area contributed by atoms with Gasteiger partial charge >= 0.3 is 0 Å². The van der Waals surface area contributed by atoms with Crippen molar-refractivity contribution >= 4 is 10.8 Å². The van der Waals surface area contributed by atoms with Crippen molar-refractivity contribution in [2.75, 3.05) is 13.7 Å². The largest absolute Gasteiger partial charge is 0.494 e. The molecular weight excluding hydrogens is 326 g/mol. The van der Waals surface area contributed by atoms with Crippen LogP contribution in [-0.4, -0.2) is 23.8 Å². The van der Waals surface area contributed by atoms with Crippen molar-refractivity contribution in [1.29, 1.82) is 0 Å². The SMILES string of the molecule is CCCCOc1ccc2cc(-c3noc([C@H](CCC)NC)n3)ccc2c1. The fourth-order valence-corrected chi connectivity index (χ4v) is 2.96. The maximum Gasteiger partial charge on any atom is 0.244 e. The monoisotopic (exact) mass is 353 g/mol. The van der Waals surface area contributed by atoms with Gasteiger partial charge in [0.2, 0.25) is 11.7 Å². The van der Waals surface area contributed by atoms with Crippen LogP contribution in [0.2, 0.25) is 0 Å². The summed E-state index contributed by atoms with van der Waals surface area (Å²) in [6.07, 6.45) is 4.23. The molecule has 0 radical (unpaired) electrons. The summed E-state index contributed by atoms with van der Waals surface area (Å²) in [7, 11) is 1.92. The molecule has 0 aliphatic rings. The molecule has 0 aliphatic carbocycles. The summed E-state index contributed by atoms with van der Waals surface area (Å²) >= 11 is 0. The summed E-state index contributed by atoms with van der Waals surface area (Å²) in [6, 6.07) is 12.5. The van der Waals surface area contributed by atoms with Crippen molar-refractivity contribution in [1.82, 2.24) is 15.5 Å². The van der Waals surface area contributed by atoms with Gasteiger partial charge in [0.25, 0.3) is 0 Å². The molecule has 138 valence electrons. The standard InChI is InChI=1S/C21H27N3O2/c1-4-6-12-25-18-11-10-15-13-17(9-8-16(15)14-18)20-23-21(26-24-20)19(22-3)7-5-2/h8-11,13-14,19,22H,4-7,12H2,1-3H3/t19-/m0/s1. The molecule has 1 aromatic heterocycles. The summed E-state index contributed by atoms with van der Waals surface area (Å²) in [5.74, 6) is 2.18. The number of ether oxygens (including phenoxy) is 1. The lowest BCUT2D eigenvalue weighted by Gasteiger charge is -2.08. The third-order valence-corrected chi connectivity index (χ3v) is 4.50. The van der Waals surface area contributed by atoms with Crippen LogP contribution in [0.15, 0.2) is 40.9 Å². The van der Waals surface area contributed by atoms with E-state index >= 15 is 0 Å².